The molecule has 6 N–H and O–H groups in total. The monoisotopic (exact) mass is 558 g/mol. The first-order valence-corrected chi connectivity index (χ1v) is 12.7. The van der Waals surface area contributed by atoms with Crippen molar-refractivity contribution in [2.24, 2.45) is 0 Å². The number of benzene rings is 1. The van der Waals surface area contributed by atoms with Crippen LogP contribution >= 0.6 is 11.8 Å². The zero-order valence-electron chi connectivity index (χ0n) is 20.8. The summed E-state index contributed by atoms with van der Waals surface area (Å²) in [5, 5.41) is 35.3. The summed E-state index contributed by atoms with van der Waals surface area (Å²) in [6.45, 7) is 2.78. The van der Waals surface area contributed by atoms with Gasteiger partial charge in [0.15, 0.2) is 5.78 Å². The number of allylic oxidation sites excluding steroid dienone is 2. The molecule has 1 aliphatic carbocycles. The van der Waals surface area contributed by atoms with Crippen LogP contribution in [0.2, 0.25) is 0 Å². The first-order chi connectivity index (χ1) is 18.4. The van der Waals surface area contributed by atoms with Crippen LogP contribution in [0, 0.1) is 0 Å². The second-order valence-corrected chi connectivity index (χ2v) is 11.3. The Labute approximate surface area is 226 Å². The van der Waals surface area contributed by atoms with E-state index in [9.17, 15) is 39.0 Å². The molecule has 0 saturated carbocycles. The van der Waals surface area contributed by atoms with Crippen LogP contribution in [0.25, 0.3) is 0 Å². The van der Waals surface area contributed by atoms with Crippen LogP contribution < -0.4 is 16.0 Å². The van der Waals surface area contributed by atoms with Crippen molar-refractivity contribution in [2.75, 3.05) is 13.2 Å². The number of carboxylic acid groups (broad SMARTS) is 1. The van der Waals surface area contributed by atoms with Gasteiger partial charge in [0.1, 0.15) is 34.8 Å². The Morgan fingerprint density at radius 2 is 1.72 bits per heavy atom. The number of hydrogen-bond donors (Lipinski definition) is 6. The summed E-state index contributed by atoms with van der Waals surface area (Å²) in [5.74, 6) is -5.15. The smallest absolute Gasteiger partial charge is 0.327 e. The van der Waals surface area contributed by atoms with Crippen molar-refractivity contribution in [3.05, 3.63) is 53.3 Å². The van der Waals surface area contributed by atoms with Crippen molar-refractivity contribution in [1.82, 2.24) is 20.9 Å². The Morgan fingerprint density at radius 1 is 1.08 bits per heavy atom. The van der Waals surface area contributed by atoms with E-state index in [2.05, 4.69) is 16.0 Å². The molecule has 1 aromatic rings. The van der Waals surface area contributed by atoms with Gasteiger partial charge < -0.3 is 36.2 Å². The average molecular weight is 559 g/mol. The number of thioether (sulfide) groups is 1. The van der Waals surface area contributed by atoms with E-state index >= 15 is 0 Å². The van der Waals surface area contributed by atoms with Gasteiger partial charge in [0.2, 0.25) is 17.6 Å². The third-order valence-electron chi connectivity index (χ3n) is 6.50. The highest BCUT2D eigenvalue weighted by Crippen LogP contribution is 2.50. The zero-order valence-corrected chi connectivity index (χ0v) is 21.7. The van der Waals surface area contributed by atoms with Gasteiger partial charge in [-0.3, -0.25) is 24.0 Å². The highest BCUT2D eigenvalue weighted by Gasteiger charge is 2.64. The molecule has 2 fully saturated rings. The minimum Gasteiger partial charge on any atom is -0.508 e. The molecule has 2 aliphatic heterocycles. The molecule has 13 nitrogen and oxygen atoms in total. The third kappa shape index (κ3) is 5.12. The Morgan fingerprint density at radius 3 is 2.33 bits per heavy atom. The van der Waals surface area contributed by atoms with Gasteiger partial charge in [0.25, 0.3) is 5.91 Å². The second-order valence-electron chi connectivity index (χ2n) is 9.54. The van der Waals surface area contributed by atoms with E-state index in [0.717, 1.165) is 12.2 Å². The molecule has 0 radical (unpaired) electrons. The number of ketones is 2. The number of rotatable bonds is 9. The summed E-state index contributed by atoms with van der Waals surface area (Å²) in [5.41, 5.74) is -0.792. The molecule has 14 heteroatoms. The fourth-order valence-corrected chi connectivity index (χ4v) is 6.31. The highest BCUT2D eigenvalue weighted by atomic mass is 32.2. The molecule has 0 spiro atoms. The van der Waals surface area contributed by atoms with Gasteiger partial charge in [-0.25, -0.2) is 4.79 Å². The number of nitrogens with one attached hydrogen (secondary N) is 3. The van der Waals surface area contributed by atoms with E-state index in [1.807, 2.05) is 0 Å². The first-order valence-electron chi connectivity index (χ1n) is 11.9. The lowest BCUT2D eigenvalue weighted by Gasteiger charge is -2.44. The van der Waals surface area contributed by atoms with E-state index in [1.165, 1.54) is 40.9 Å². The summed E-state index contributed by atoms with van der Waals surface area (Å²) in [7, 11) is 0. The topological polar surface area (TPSA) is 202 Å². The zero-order chi connectivity index (χ0) is 28.6. The molecule has 2 heterocycles. The van der Waals surface area contributed by atoms with Crippen LogP contribution in [-0.2, 0) is 28.8 Å². The van der Waals surface area contributed by atoms with Gasteiger partial charge in [-0.2, -0.15) is 0 Å². The number of hydrogen-bond acceptors (Lipinski definition) is 10. The first kappa shape index (κ1) is 27.9. The summed E-state index contributed by atoms with van der Waals surface area (Å²) in [6.07, 6.45) is 1.85. The van der Waals surface area contributed by atoms with Crippen LogP contribution in [0.15, 0.2) is 47.7 Å². The van der Waals surface area contributed by atoms with Crippen LogP contribution in [0.3, 0.4) is 0 Å². The standard InChI is InChI=1S/C25H26N4O9S/c1-25(2)19(24(37)38)29-22(36)18(23(29)39-25)28-21(35)16(11-3-5-12(31)6-4-11)27-17-14(33)8-7-13(32)15(17)20(34)26-9-10-30/h3-8,16,18-19,23,27,30-31H,9-10H2,1-2H3,(H,26,34)(H,28,35)(H,37,38)/t16?,18?,19-,23+/m0/s1. The Balaban J connectivity index is 1.65. The SMILES string of the molecule is CC1(C)S[C@@H]2C(NC(=O)C(NC3=C(C(=O)NCCO)C(=O)C=CC3=O)c3ccc(O)cc3)C(=O)N2[C@H]1C(=O)O. The summed E-state index contributed by atoms with van der Waals surface area (Å²) in [6, 6.07) is 1.80. The molecule has 39 heavy (non-hydrogen) atoms. The van der Waals surface area contributed by atoms with Crippen LogP contribution in [0.1, 0.15) is 25.5 Å². The number of carboxylic acids is 1. The number of fused-ring (bicyclic) bond motifs is 1. The Hall–Kier alpha value is -4.17. The molecule has 4 rings (SSSR count). The number of aliphatic hydroxyl groups is 1. The van der Waals surface area contributed by atoms with E-state index in [4.69, 9.17) is 5.11 Å². The highest BCUT2D eigenvalue weighted by molar-refractivity contribution is 8.01. The molecule has 1 aromatic carbocycles. The maximum Gasteiger partial charge on any atom is 0.327 e. The molecule has 2 unspecified atom stereocenters. The minimum absolute atomic E-state index is 0.109. The molecule has 4 atom stereocenters. The molecular weight excluding hydrogens is 532 g/mol. The number of phenols is 1. The number of carbonyl (C=O) groups excluding carboxylic acids is 5. The summed E-state index contributed by atoms with van der Waals surface area (Å²) >= 11 is 1.23. The quantitative estimate of drug-likeness (QED) is 0.120. The number of aliphatic hydroxyl groups excluding tert-OH is 1. The minimum atomic E-state index is -1.40. The van der Waals surface area contributed by atoms with Gasteiger partial charge >= 0.3 is 5.97 Å². The summed E-state index contributed by atoms with van der Waals surface area (Å²) < 4.78 is -0.816. The maximum absolute atomic E-state index is 13.6. The number of amides is 3. The maximum atomic E-state index is 13.6. The molecule has 0 bridgehead atoms. The fraction of sp³-hybridized carbons (Fsp3) is 0.360. The molecular formula is C25H26N4O9S. The molecule has 0 aromatic heterocycles. The molecule has 3 amide bonds. The number of phenolic OH excluding ortho intramolecular Hbond substituents is 1. The van der Waals surface area contributed by atoms with Crippen LogP contribution in [-0.4, -0.2) is 90.8 Å². The van der Waals surface area contributed by atoms with E-state index in [-0.39, 0.29) is 17.9 Å². The predicted molar refractivity (Wildman–Crippen MR) is 136 cm³/mol. The lowest BCUT2D eigenvalue weighted by molar-refractivity contribution is -0.161. The van der Waals surface area contributed by atoms with Crippen LogP contribution in [0.5, 0.6) is 5.75 Å². The van der Waals surface area contributed by atoms with Gasteiger partial charge in [-0.05, 0) is 43.7 Å². The predicted octanol–water partition coefficient (Wildman–Crippen LogP) is -1.27. The number of β-lactam (4-membered cyclic amide) rings is 1. The van der Waals surface area contributed by atoms with Crippen molar-refractivity contribution in [1.29, 1.82) is 0 Å². The van der Waals surface area contributed by atoms with E-state index < -0.39 is 81.4 Å². The van der Waals surface area contributed by atoms with Gasteiger partial charge in [-0.15, -0.1) is 11.8 Å². The average Bonchev–Trinajstić information content (AvgIpc) is 3.14. The Bertz CT molecular complexity index is 1320. The van der Waals surface area contributed by atoms with Crippen molar-refractivity contribution >= 4 is 47.0 Å². The van der Waals surface area contributed by atoms with Crippen molar-refractivity contribution < 1.29 is 44.1 Å². The Kier molecular flexibility index (Phi) is 7.52. The molecule has 2 saturated heterocycles. The van der Waals surface area contributed by atoms with Gasteiger partial charge in [0, 0.05) is 11.3 Å². The number of aromatic hydroxyl groups is 1. The van der Waals surface area contributed by atoms with Crippen molar-refractivity contribution in [3.8, 4) is 5.75 Å². The summed E-state index contributed by atoms with van der Waals surface area (Å²) in [4.78, 5) is 77.4. The largest absolute Gasteiger partial charge is 0.508 e. The molecule has 206 valence electrons. The van der Waals surface area contributed by atoms with E-state index in [1.54, 1.807) is 13.8 Å². The van der Waals surface area contributed by atoms with Crippen molar-refractivity contribution in [2.45, 2.75) is 42.1 Å². The van der Waals surface area contributed by atoms with Gasteiger partial charge in [0.05, 0.1) is 12.3 Å². The third-order valence-corrected chi connectivity index (χ3v) is 8.07. The van der Waals surface area contributed by atoms with Gasteiger partial charge in [-0.1, -0.05) is 12.1 Å². The van der Waals surface area contributed by atoms with Crippen molar-refractivity contribution in [3.63, 3.8) is 0 Å². The lowest BCUT2D eigenvalue weighted by atomic mass is 9.95. The number of carbonyl (C=O) groups is 6. The fourth-order valence-electron chi connectivity index (χ4n) is 4.68. The number of nitrogens with zero attached hydrogens (tertiary/aromatic N) is 1. The molecule has 3 aliphatic rings. The van der Waals surface area contributed by atoms with E-state index in [0.29, 0.717) is 0 Å². The lowest BCUT2D eigenvalue weighted by Crippen LogP contribution is -2.71. The van der Waals surface area contributed by atoms with Crippen LogP contribution in [0.4, 0.5) is 0 Å². The second kappa shape index (κ2) is 10.5. The normalized spacial score (nSPS) is 24.1. The number of aliphatic carboxylic acids is 1.